The van der Waals surface area contributed by atoms with Gasteiger partial charge in [0, 0.05) is 0 Å². The van der Waals surface area contributed by atoms with Crippen molar-refractivity contribution in [2.75, 3.05) is 0 Å². The molecule has 2 nitrogen and oxygen atoms in total. The Hall–Kier alpha value is -0.650. The summed E-state index contributed by atoms with van der Waals surface area (Å²) < 4.78 is 14.0. The summed E-state index contributed by atoms with van der Waals surface area (Å²) in [7, 11) is 0. The molecule has 6 heteroatoms. The standard InChI is InChI=1S/C14H12BrCl2FN2/c15-14-9(2-1-3-12(14)18)7-13(20-19)8-4-5-10(16)11(17)6-8/h1-6,13,20H,7,19H2. The van der Waals surface area contributed by atoms with Crippen LogP contribution in [0.2, 0.25) is 10.0 Å². The Morgan fingerprint density at radius 2 is 1.95 bits per heavy atom. The van der Waals surface area contributed by atoms with Gasteiger partial charge in [-0.05, 0) is 51.7 Å². The molecule has 2 aromatic rings. The molecule has 0 radical (unpaired) electrons. The Morgan fingerprint density at radius 3 is 2.60 bits per heavy atom. The van der Waals surface area contributed by atoms with E-state index in [9.17, 15) is 4.39 Å². The van der Waals surface area contributed by atoms with Crippen molar-refractivity contribution in [3.8, 4) is 0 Å². The largest absolute Gasteiger partial charge is 0.271 e. The fourth-order valence-corrected chi connectivity index (χ4v) is 2.66. The summed E-state index contributed by atoms with van der Waals surface area (Å²) in [6, 6.07) is 10.0. The molecule has 0 saturated carbocycles. The maximum atomic E-state index is 13.5. The van der Waals surface area contributed by atoms with E-state index in [2.05, 4.69) is 21.4 Å². The predicted molar refractivity (Wildman–Crippen MR) is 84.3 cm³/mol. The zero-order valence-electron chi connectivity index (χ0n) is 10.3. The van der Waals surface area contributed by atoms with Gasteiger partial charge in [0.2, 0.25) is 0 Å². The molecule has 0 saturated heterocycles. The molecule has 0 fully saturated rings. The van der Waals surface area contributed by atoms with E-state index in [0.29, 0.717) is 20.9 Å². The quantitative estimate of drug-likeness (QED) is 0.601. The van der Waals surface area contributed by atoms with E-state index >= 15 is 0 Å². The maximum absolute atomic E-state index is 13.5. The topological polar surface area (TPSA) is 38.0 Å². The molecule has 1 unspecified atom stereocenters. The van der Waals surface area contributed by atoms with Crippen molar-refractivity contribution in [2.45, 2.75) is 12.5 Å². The Bertz CT molecular complexity index is 622. The van der Waals surface area contributed by atoms with Crippen LogP contribution in [0.3, 0.4) is 0 Å². The van der Waals surface area contributed by atoms with Crippen molar-refractivity contribution in [3.63, 3.8) is 0 Å². The number of halogens is 4. The van der Waals surface area contributed by atoms with Crippen LogP contribution < -0.4 is 11.3 Å². The van der Waals surface area contributed by atoms with Crippen LogP contribution in [0, 0.1) is 5.82 Å². The third-order valence-corrected chi connectivity index (χ3v) is 4.63. The maximum Gasteiger partial charge on any atom is 0.137 e. The van der Waals surface area contributed by atoms with Crippen LogP contribution in [0.5, 0.6) is 0 Å². The second kappa shape index (κ2) is 6.87. The summed E-state index contributed by atoms with van der Waals surface area (Å²) in [6.07, 6.45) is 0.521. The van der Waals surface area contributed by atoms with E-state index in [1.165, 1.54) is 6.07 Å². The molecule has 0 amide bonds. The van der Waals surface area contributed by atoms with Gasteiger partial charge in [0.1, 0.15) is 5.82 Å². The monoisotopic (exact) mass is 376 g/mol. The number of hydrazine groups is 1. The summed E-state index contributed by atoms with van der Waals surface area (Å²) in [5.41, 5.74) is 4.42. The van der Waals surface area contributed by atoms with Crippen LogP contribution >= 0.6 is 39.1 Å². The van der Waals surface area contributed by atoms with Crippen molar-refractivity contribution >= 4 is 39.1 Å². The molecular weight excluding hydrogens is 366 g/mol. The summed E-state index contributed by atoms with van der Waals surface area (Å²) in [5, 5.41) is 0.945. The average molecular weight is 378 g/mol. The number of nitrogens with two attached hydrogens (primary N) is 1. The Labute approximate surface area is 135 Å². The van der Waals surface area contributed by atoms with Gasteiger partial charge in [-0.2, -0.15) is 0 Å². The van der Waals surface area contributed by atoms with Crippen LogP contribution in [-0.2, 0) is 6.42 Å². The Morgan fingerprint density at radius 1 is 1.20 bits per heavy atom. The first-order chi connectivity index (χ1) is 9.52. The molecule has 2 aromatic carbocycles. The number of nitrogens with one attached hydrogen (secondary N) is 1. The van der Waals surface area contributed by atoms with E-state index in [4.69, 9.17) is 29.0 Å². The molecule has 1 atom stereocenters. The molecule has 20 heavy (non-hydrogen) atoms. The molecule has 0 bridgehead atoms. The summed E-state index contributed by atoms with van der Waals surface area (Å²) >= 11 is 15.1. The first-order valence-corrected chi connectivity index (χ1v) is 7.41. The molecule has 2 rings (SSSR count). The van der Waals surface area contributed by atoms with Gasteiger partial charge >= 0.3 is 0 Å². The molecule has 0 heterocycles. The molecule has 0 aromatic heterocycles. The van der Waals surface area contributed by atoms with Crippen molar-refractivity contribution in [1.29, 1.82) is 0 Å². The van der Waals surface area contributed by atoms with Crippen LogP contribution in [0.25, 0.3) is 0 Å². The van der Waals surface area contributed by atoms with Gasteiger partial charge < -0.3 is 0 Å². The first kappa shape index (κ1) is 15.7. The average Bonchev–Trinajstić information content (AvgIpc) is 2.44. The van der Waals surface area contributed by atoms with Crippen molar-refractivity contribution in [2.24, 2.45) is 5.84 Å². The highest BCUT2D eigenvalue weighted by molar-refractivity contribution is 9.10. The summed E-state index contributed by atoms with van der Waals surface area (Å²) in [4.78, 5) is 0. The minimum absolute atomic E-state index is 0.192. The van der Waals surface area contributed by atoms with Gasteiger partial charge in [-0.1, -0.05) is 41.4 Å². The zero-order valence-corrected chi connectivity index (χ0v) is 13.4. The highest BCUT2D eigenvalue weighted by Crippen LogP contribution is 2.29. The molecule has 106 valence electrons. The first-order valence-electron chi connectivity index (χ1n) is 5.87. The van der Waals surface area contributed by atoms with Gasteiger partial charge in [0.25, 0.3) is 0 Å². The third kappa shape index (κ3) is 3.51. The normalized spacial score (nSPS) is 12.4. The Balaban J connectivity index is 2.28. The molecule has 0 aliphatic carbocycles. The Kier molecular flexibility index (Phi) is 5.41. The highest BCUT2D eigenvalue weighted by Gasteiger charge is 2.15. The number of benzene rings is 2. The second-order valence-electron chi connectivity index (χ2n) is 4.31. The lowest BCUT2D eigenvalue weighted by atomic mass is 9.99. The fourth-order valence-electron chi connectivity index (χ4n) is 1.93. The molecule has 3 N–H and O–H groups in total. The van der Waals surface area contributed by atoms with Gasteiger partial charge in [-0.3, -0.25) is 11.3 Å². The number of rotatable bonds is 4. The minimum Gasteiger partial charge on any atom is -0.271 e. The fraction of sp³-hybridized carbons (Fsp3) is 0.143. The van der Waals surface area contributed by atoms with Crippen molar-refractivity contribution in [1.82, 2.24) is 5.43 Å². The van der Waals surface area contributed by atoms with Crippen molar-refractivity contribution in [3.05, 3.63) is 67.9 Å². The van der Waals surface area contributed by atoms with Crippen LogP contribution in [0.15, 0.2) is 40.9 Å². The second-order valence-corrected chi connectivity index (χ2v) is 5.92. The lowest BCUT2D eigenvalue weighted by Gasteiger charge is -2.18. The number of hydrogen-bond acceptors (Lipinski definition) is 2. The summed E-state index contributed by atoms with van der Waals surface area (Å²) in [5.74, 6) is 5.30. The van der Waals surface area contributed by atoms with E-state index < -0.39 is 0 Å². The van der Waals surface area contributed by atoms with Crippen LogP contribution in [0.1, 0.15) is 17.2 Å². The molecule has 0 spiro atoms. The van der Waals surface area contributed by atoms with Gasteiger partial charge in [-0.25, -0.2) is 4.39 Å². The van der Waals surface area contributed by atoms with E-state index in [1.54, 1.807) is 18.2 Å². The smallest absolute Gasteiger partial charge is 0.137 e. The lowest BCUT2D eigenvalue weighted by Crippen LogP contribution is -2.29. The van der Waals surface area contributed by atoms with Gasteiger partial charge in [0.15, 0.2) is 0 Å². The van der Waals surface area contributed by atoms with Crippen molar-refractivity contribution < 1.29 is 4.39 Å². The third-order valence-electron chi connectivity index (χ3n) is 3.00. The summed E-state index contributed by atoms with van der Waals surface area (Å²) in [6.45, 7) is 0. The number of hydrogen-bond donors (Lipinski definition) is 2. The van der Waals surface area contributed by atoms with Gasteiger partial charge in [-0.15, -0.1) is 0 Å². The predicted octanol–water partition coefficient (Wildman–Crippen LogP) is 4.64. The minimum atomic E-state index is -0.299. The highest BCUT2D eigenvalue weighted by atomic mass is 79.9. The molecule has 0 aliphatic rings. The SMILES string of the molecule is NNC(Cc1cccc(F)c1Br)c1ccc(Cl)c(Cl)c1. The molecular formula is C14H12BrCl2FN2. The van der Waals surface area contributed by atoms with E-state index in [1.807, 2.05) is 12.1 Å². The lowest BCUT2D eigenvalue weighted by molar-refractivity contribution is 0.546. The van der Waals surface area contributed by atoms with Gasteiger partial charge in [0.05, 0.1) is 20.6 Å². The van der Waals surface area contributed by atoms with E-state index in [-0.39, 0.29) is 11.9 Å². The zero-order chi connectivity index (χ0) is 14.7. The van der Waals surface area contributed by atoms with Crippen LogP contribution in [0.4, 0.5) is 4.39 Å². The molecule has 0 aliphatic heterocycles. The van der Waals surface area contributed by atoms with Crippen LogP contribution in [-0.4, -0.2) is 0 Å². The van der Waals surface area contributed by atoms with E-state index in [0.717, 1.165) is 11.1 Å².